The van der Waals surface area contributed by atoms with E-state index < -0.39 is 17.9 Å². The first-order valence-electron chi connectivity index (χ1n) is 7.80. The van der Waals surface area contributed by atoms with Crippen LogP contribution in [0.3, 0.4) is 0 Å². The van der Waals surface area contributed by atoms with Crippen molar-refractivity contribution in [1.29, 1.82) is 0 Å². The van der Waals surface area contributed by atoms with E-state index in [0.29, 0.717) is 11.5 Å². The number of imide groups is 1. The molecule has 1 fully saturated rings. The van der Waals surface area contributed by atoms with Gasteiger partial charge in [0.15, 0.2) is 0 Å². The molecule has 3 rings (SSSR count). The van der Waals surface area contributed by atoms with Crippen molar-refractivity contribution in [3.05, 3.63) is 65.6 Å². The van der Waals surface area contributed by atoms with Crippen LogP contribution >= 0.6 is 0 Å². The fourth-order valence-corrected chi connectivity index (χ4v) is 2.66. The number of nitrogens with one attached hydrogen (secondary N) is 1. The number of carboxylic acids is 1. The maximum atomic E-state index is 12.2. The first-order valence-corrected chi connectivity index (χ1v) is 7.80. The van der Waals surface area contributed by atoms with Crippen LogP contribution in [-0.4, -0.2) is 34.5 Å². The topological polar surface area (TPSA) is 99.8 Å². The highest BCUT2D eigenvalue weighted by atomic mass is 16.4. The summed E-state index contributed by atoms with van der Waals surface area (Å²) in [5.41, 5.74) is 1.81. The minimum Gasteiger partial charge on any atom is -0.478 e. The lowest BCUT2D eigenvalue weighted by Gasteiger charge is -2.06. The highest BCUT2D eigenvalue weighted by Gasteiger charge is 2.32. The lowest BCUT2D eigenvalue weighted by molar-refractivity contribution is -0.122. The molecule has 0 aliphatic carbocycles. The molecule has 0 unspecified atom stereocenters. The summed E-state index contributed by atoms with van der Waals surface area (Å²) in [6.07, 6.45) is 2.92. The second-order valence-electron chi connectivity index (χ2n) is 5.73. The number of carbonyl (C=O) groups is 3. The average Bonchev–Trinajstić information content (AvgIpc) is 3.15. The third-order valence-electron chi connectivity index (χ3n) is 3.93. The fraction of sp³-hybridized carbons (Fsp3) is 0.105. The van der Waals surface area contributed by atoms with Gasteiger partial charge in [0.25, 0.3) is 5.91 Å². The molecule has 26 heavy (non-hydrogen) atoms. The molecule has 1 aliphatic heterocycles. The Hall–Kier alpha value is -3.61. The SMILES string of the molecule is C=CCN1C(=O)N/C(=C/c2ccc(-c3ccc(C(=O)O)cc3C)o2)C1=O. The minimum absolute atomic E-state index is 0.121. The Morgan fingerprint density at radius 2 is 2.08 bits per heavy atom. The molecule has 2 N–H and O–H groups in total. The number of urea groups is 1. The molecule has 2 heterocycles. The number of hydrogen-bond donors (Lipinski definition) is 2. The fourth-order valence-electron chi connectivity index (χ4n) is 2.66. The standard InChI is InChI=1S/C19H16N2O5/c1-3-8-21-17(22)15(20-19(21)25)10-13-5-7-16(26-13)14-6-4-12(18(23)24)9-11(14)2/h3-7,9-10H,1,8H2,2H3,(H,20,25)(H,23,24)/b15-10+. The van der Waals surface area contributed by atoms with Crippen LogP contribution in [0.2, 0.25) is 0 Å². The molecule has 0 spiro atoms. The summed E-state index contributed by atoms with van der Waals surface area (Å²) < 4.78 is 5.73. The van der Waals surface area contributed by atoms with Gasteiger partial charge < -0.3 is 14.8 Å². The number of nitrogens with zero attached hydrogens (tertiary/aromatic N) is 1. The smallest absolute Gasteiger partial charge is 0.335 e. The number of aryl methyl sites for hydroxylation is 1. The summed E-state index contributed by atoms with van der Waals surface area (Å²) in [5, 5.41) is 11.5. The summed E-state index contributed by atoms with van der Waals surface area (Å²) in [6, 6.07) is 7.61. The van der Waals surface area contributed by atoms with Crippen LogP contribution < -0.4 is 5.32 Å². The van der Waals surface area contributed by atoms with Crippen molar-refractivity contribution < 1.29 is 23.9 Å². The summed E-state index contributed by atoms with van der Waals surface area (Å²) in [7, 11) is 0. The molecular weight excluding hydrogens is 336 g/mol. The summed E-state index contributed by atoms with van der Waals surface area (Å²) in [4.78, 5) is 36.0. The van der Waals surface area contributed by atoms with E-state index in [2.05, 4.69) is 11.9 Å². The Labute approximate surface area is 149 Å². The highest BCUT2D eigenvalue weighted by Crippen LogP contribution is 2.27. The second kappa shape index (κ2) is 6.72. The molecule has 3 amide bonds. The zero-order chi connectivity index (χ0) is 18.8. The van der Waals surface area contributed by atoms with Gasteiger partial charge in [0.2, 0.25) is 0 Å². The van der Waals surface area contributed by atoms with Crippen LogP contribution in [0.15, 0.2) is 53.1 Å². The van der Waals surface area contributed by atoms with Gasteiger partial charge in [-0.15, -0.1) is 6.58 Å². The van der Waals surface area contributed by atoms with Crippen LogP contribution in [0.4, 0.5) is 4.79 Å². The molecule has 1 saturated heterocycles. The van der Waals surface area contributed by atoms with Gasteiger partial charge in [0.05, 0.1) is 5.56 Å². The molecule has 2 aromatic rings. The van der Waals surface area contributed by atoms with Crippen LogP contribution in [-0.2, 0) is 4.79 Å². The van der Waals surface area contributed by atoms with E-state index >= 15 is 0 Å². The van der Waals surface area contributed by atoms with E-state index in [1.54, 1.807) is 31.2 Å². The van der Waals surface area contributed by atoms with E-state index in [9.17, 15) is 14.4 Å². The highest BCUT2D eigenvalue weighted by molar-refractivity contribution is 6.13. The van der Waals surface area contributed by atoms with Gasteiger partial charge in [-0.25, -0.2) is 9.59 Å². The summed E-state index contributed by atoms with van der Waals surface area (Å²) >= 11 is 0. The van der Waals surface area contributed by atoms with E-state index in [-0.39, 0.29) is 17.8 Å². The molecule has 0 atom stereocenters. The van der Waals surface area contributed by atoms with Gasteiger partial charge in [-0.1, -0.05) is 12.1 Å². The quantitative estimate of drug-likeness (QED) is 0.489. The third kappa shape index (κ3) is 3.14. The van der Waals surface area contributed by atoms with E-state index in [1.807, 2.05) is 0 Å². The number of hydrogen-bond acceptors (Lipinski definition) is 4. The number of carboxylic acid groups (broad SMARTS) is 1. The molecule has 7 nitrogen and oxygen atoms in total. The first kappa shape index (κ1) is 17.2. The van der Waals surface area contributed by atoms with Gasteiger partial charge in [0, 0.05) is 18.2 Å². The summed E-state index contributed by atoms with van der Waals surface area (Å²) in [6.45, 7) is 5.43. The lowest BCUT2D eigenvalue weighted by Crippen LogP contribution is -2.30. The Morgan fingerprint density at radius 3 is 2.73 bits per heavy atom. The number of furan rings is 1. The molecule has 132 valence electrons. The van der Waals surface area contributed by atoms with Crippen LogP contribution in [0.25, 0.3) is 17.4 Å². The van der Waals surface area contributed by atoms with Gasteiger partial charge in [0.1, 0.15) is 17.2 Å². The van der Waals surface area contributed by atoms with Gasteiger partial charge in [-0.2, -0.15) is 0 Å². The minimum atomic E-state index is -0.996. The number of amides is 3. The molecule has 7 heteroatoms. The Kier molecular flexibility index (Phi) is 4.45. The maximum absolute atomic E-state index is 12.2. The van der Waals surface area contributed by atoms with Crippen molar-refractivity contribution in [2.45, 2.75) is 6.92 Å². The Balaban J connectivity index is 1.87. The zero-order valence-electron chi connectivity index (χ0n) is 14.0. The van der Waals surface area contributed by atoms with Crippen molar-refractivity contribution in [3.63, 3.8) is 0 Å². The largest absolute Gasteiger partial charge is 0.478 e. The van der Waals surface area contributed by atoms with E-state index in [4.69, 9.17) is 9.52 Å². The number of carbonyl (C=O) groups excluding carboxylic acids is 2. The van der Waals surface area contributed by atoms with Crippen LogP contribution in [0, 0.1) is 6.92 Å². The third-order valence-corrected chi connectivity index (χ3v) is 3.93. The molecule has 1 aliphatic rings. The van der Waals surface area contributed by atoms with Gasteiger partial charge in [-0.05, 0) is 36.8 Å². The predicted molar refractivity (Wildman–Crippen MR) is 94.3 cm³/mol. The maximum Gasteiger partial charge on any atom is 0.335 e. The second-order valence-corrected chi connectivity index (χ2v) is 5.73. The first-order chi connectivity index (χ1) is 12.4. The monoisotopic (exact) mass is 352 g/mol. The molecule has 1 aromatic heterocycles. The predicted octanol–water partition coefficient (Wildman–Crippen LogP) is 3.03. The van der Waals surface area contributed by atoms with Crippen molar-refractivity contribution in [1.82, 2.24) is 10.2 Å². The number of aromatic carboxylic acids is 1. The molecule has 0 bridgehead atoms. The van der Waals surface area contributed by atoms with Crippen molar-refractivity contribution in [3.8, 4) is 11.3 Å². The number of benzene rings is 1. The summed E-state index contributed by atoms with van der Waals surface area (Å²) in [5.74, 6) is -0.518. The van der Waals surface area contributed by atoms with Crippen LogP contribution in [0.1, 0.15) is 21.7 Å². The average molecular weight is 352 g/mol. The zero-order valence-corrected chi connectivity index (χ0v) is 14.0. The Bertz CT molecular complexity index is 955. The number of rotatable bonds is 5. The van der Waals surface area contributed by atoms with Crippen molar-refractivity contribution >= 4 is 24.0 Å². The van der Waals surface area contributed by atoms with Gasteiger partial charge in [-0.3, -0.25) is 9.69 Å². The van der Waals surface area contributed by atoms with Crippen molar-refractivity contribution in [2.75, 3.05) is 6.54 Å². The molecule has 1 aromatic carbocycles. The molecular formula is C19H16N2O5. The lowest BCUT2D eigenvalue weighted by atomic mass is 10.0. The van der Waals surface area contributed by atoms with Crippen molar-refractivity contribution in [2.24, 2.45) is 0 Å². The normalized spacial score (nSPS) is 15.4. The Morgan fingerprint density at radius 1 is 1.31 bits per heavy atom. The molecule has 0 radical (unpaired) electrons. The van der Waals surface area contributed by atoms with Gasteiger partial charge >= 0.3 is 12.0 Å². The van der Waals surface area contributed by atoms with E-state index in [0.717, 1.165) is 16.0 Å². The molecule has 0 saturated carbocycles. The van der Waals surface area contributed by atoms with E-state index in [1.165, 1.54) is 18.2 Å². The van der Waals surface area contributed by atoms with Crippen LogP contribution in [0.5, 0.6) is 0 Å².